The van der Waals surface area contributed by atoms with E-state index >= 15 is 0 Å². The normalized spacial score (nSPS) is 10.2. The Bertz CT molecular complexity index is 210. The molecule has 0 heterocycles. The molecule has 0 aromatic carbocycles. The van der Waals surface area contributed by atoms with Crippen molar-refractivity contribution in [2.24, 2.45) is 0 Å². The van der Waals surface area contributed by atoms with Gasteiger partial charge in [0, 0.05) is 13.8 Å². The molecule has 0 radical (unpaired) electrons. The van der Waals surface area contributed by atoms with Crippen LogP contribution in [0.3, 0.4) is 0 Å². The van der Waals surface area contributed by atoms with E-state index in [0.717, 1.165) is 6.92 Å². The van der Waals surface area contributed by atoms with E-state index in [-0.39, 0.29) is 11.6 Å². The fraction of sp³-hybridized carbons (Fsp3) is 0.833. The van der Waals surface area contributed by atoms with Crippen LogP contribution in [0.15, 0.2) is 0 Å². The van der Waals surface area contributed by atoms with Crippen molar-refractivity contribution in [1.29, 1.82) is 0 Å². The van der Waals surface area contributed by atoms with Crippen LogP contribution in [0.1, 0.15) is 55.4 Å². The molecule has 0 saturated heterocycles. The van der Waals surface area contributed by atoms with Gasteiger partial charge in [-0.2, -0.15) is 0 Å². The van der Waals surface area contributed by atoms with Gasteiger partial charge in [-0.3, -0.25) is 9.59 Å². The number of esters is 1. The Hall–Kier alpha value is -1.10. The monoisotopic (exact) mass is 250 g/mol. The summed E-state index contributed by atoms with van der Waals surface area (Å²) in [6.45, 7) is 13.2. The zero-order chi connectivity index (χ0) is 14.9. The first-order valence-corrected chi connectivity index (χ1v) is 5.26. The molecular weight excluding hydrogens is 224 g/mol. The molecule has 0 aliphatic heterocycles. The average molecular weight is 250 g/mol. The fourth-order valence-electron chi connectivity index (χ4n) is 0.431. The van der Waals surface area contributed by atoms with Gasteiger partial charge in [0.15, 0.2) is 0 Å². The van der Waals surface area contributed by atoms with Gasteiger partial charge in [-0.15, -0.1) is 0 Å². The van der Waals surface area contributed by atoms with Gasteiger partial charge >= 0.3 is 5.97 Å². The molecule has 0 aromatic rings. The summed E-state index contributed by atoms with van der Waals surface area (Å²) in [5.41, 5.74) is -0.828. The molecule has 17 heavy (non-hydrogen) atoms. The van der Waals surface area contributed by atoms with Crippen molar-refractivity contribution in [3.8, 4) is 0 Å². The molecule has 0 fully saturated rings. The maximum absolute atomic E-state index is 10.2. The first-order chi connectivity index (χ1) is 7.15. The average Bonchev–Trinajstić information content (AvgIpc) is 1.71. The molecule has 0 aliphatic carbocycles. The lowest BCUT2D eigenvalue weighted by Crippen LogP contribution is -2.21. The van der Waals surface area contributed by atoms with Gasteiger partial charge in [0.1, 0.15) is 5.60 Å². The Morgan fingerprint density at radius 3 is 1.12 bits per heavy atom. The molecule has 0 aliphatic rings. The highest BCUT2D eigenvalue weighted by atomic mass is 16.6. The number of ether oxygens (including phenoxy) is 1. The molecule has 5 heteroatoms. The second kappa shape index (κ2) is 8.98. The quantitative estimate of drug-likeness (QED) is 0.644. The second-order valence-corrected chi connectivity index (χ2v) is 5.40. The molecular formula is C12H26O5. The Kier molecular flexibility index (Phi) is 11.2. The third kappa shape index (κ3) is 163. The summed E-state index contributed by atoms with van der Waals surface area (Å²) in [5.74, 6) is -1.06. The highest BCUT2D eigenvalue weighted by molar-refractivity contribution is 5.66. The molecule has 0 amide bonds. The van der Waals surface area contributed by atoms with E-state index in [9.17, 15) is 4.79 Å². The van der Waals surface area contributed by atoms with Gasteiger partial charge in [0.2, 0.25) is 0 Å². The molecule has 0 atom stereocenters. The first-order valence-electron chi connectivity index (χ1n) is 5.26. The van der Waals surface area contributed by atoms with Gasteiger partial charge in [-0.1, -0.05) is 0 Å². The Morgan fingerprint density at radius 1 is 0.941 bits per heavy atom. The third-order valence-electron chi connectivity index (χ3n) is 0.450. The fourth-order valence-corrected chi connectivity index (χ4v) is 0.431. The minimum Gasteiger partial charge on any atom is -0.481 e. The van der Waals surface area contributed by atoms with Gasteiger partial charge in [0.05, 0.1) is 5.60 Å². The zero-order valence-electron chi connectivity index (χ0n) is 12.1. The number of aliphatic hydroxyl groups is 1. The number of hydrogen-bond acceptors (Lipinski definition) is 4. The maximum Gasteiger partial charge on any atom is 0.303 e. The summed E-state index contributed by atoms with van der Waals surface area (Å²) >= 11 is 0. The van der Waals surface area contributed by atoms with Crippen molar-refractivity contribution in [3.63, 3.8) is 0 Å². The van der Waals surface area contributed by atoms with Crippen LogP contribution in [0.4, 0.5) is 0 Å². The molecule has 104 valence electrons. The summed E-state index contributed by atoms with van der Waals surface area (Å²) in [5, 5.41) is 15.9. The van der Waals surface area contributed by atoms with E-state index in [1.54, 1.807) is 20.8 Å². The molecule has 2 N–H and O–H groups in total. The molecule has 0 aromatic heterocycles. The smallest absolute Gasteiger partial charge is 0.303 e. The van der Waals surface area contributed by atoms with Crippen LogP contribution >= 0.6 is 0 Å². The Labute approximate surface area is 104 Å². The number of rotatable bonds is 0. The molecule has 0 bridgehead atoms. The molecule has 0 saturated carbocycles. The second-order valence-electron chi connectivity index (χ2n) is 5.40. The maximum atomic E-state index is 10.2. The summed E-state index contributed by atoms with van der Waals surface area (Å²) in [7, 11) is 0. The number of hydrogen-bond donors (Lipinski definition) is 2. The van der Waals surface area contributed by atoms with Crippen LogP contribution in [0, 0.1) is 0 Å². The lowest BCUT2D eigenvalue weighted by Gasteiger charge is -2.17. The predicted octanol–water partition coefficient (Wildman–Crippen LogP) is 2.22. The van der Waals surface area contributed by atoms with Crippen LogP contribution in [0.2, 0.25) is 0 Å². The van der Waals surface area contributed by atoms with Gasteiger partial charge in [0.25, 0.3) is 5.97 Å². The Morgan fingerprint density at radius 2 is 1.12 bits per heavy atom. The summed E-state index contributed by atoms with van der Waals surface area (Å²) < 4.78 is 4.80. The van der Waals surface area contributed by atoms with Crippen LogP contribution < -0.4 is 0 Å². The van der Waals surface area contributed by atoms with Crippen molar-refractivity contribution in [3.05, 3.63) is 0 Å². The summed E-state index contributed by atoms with van der Waals surface area (Å²) in [6.07, 6.45) is 0. The van der Waals surface area contributed by atoms with Crippen molar-refractivity contribution in [1.82, 2.24) is 0 Å². The minimum atomic E-state index is -0.833. The van der Waals surface area contributed by atoms with E-state index in [1.807, 2.05) is 20.8 Å². The van der Waals surface area contributed by atoms with Crippen molar-refractivity contribution in [2.75, 3.05) is 0 Å². The van der Waals surface area contributed by atoms with E-state index in [4.69, 9.17) is 19.7 Å². The molecule has 5 nitrogen and oxygen atoms in total. The van der Waals surface area contributed by atoms with Crippen LogP contribution in [-0.2, 0) is 14.3 Å². The number of carbonyl (C=O) groups is 2. The van der Waals surface area contributed by atoms with Crippen molar-refractivity contribution in [2.45, 2.75) is 66.6 Å². The van der Waals surface area contributed by atoms with Crippen LogP contribution in [0.25, 0.3) is 0 Å². The topological polar surface area (TPSA) is 83.8 Å². The first kappa shape index (κ1) is 21.2. The number of aliphatic carboxylic acids is 1. The van der Waals surface area contributed by atoms with E-state index < -0.39 is 11.6 Å². The van der Waals surface area contributed by atoms with Gasteiger partial charge < -0.3 is 14.9 Å². The zero-order valence-corrected chi connectivity index (χ0v) is 12.1. The summed E-state index contributed by atoms with van der Waals surface area (Å²) in [6, 6.07) is 0. The van der Waals surface area contributed by atoms with E-state index in [0.29, 0.717) is 0 Å². The number of carbonyl (C=O) groups excluding carboxylic acids is 1. The van der Waals surface area contributed by atoms with Crippen molar-refractivity contribution >= 4 is 11.9 Å². The lowest BCUT2D eigenvalue weighted by atomic mass is 10.2. The number of carboxylic acids is 1. The standard InChI is InChI=1S/C6H12O2.C4H10O.C2H4O2/c1-5(7)8-6(2,3)4;1-4(2,3)5;1-2(3)4/h1-4H3;5H,1-3H3;1H3,(H,3,4). The lowest BCUT2D eigenvalue weighted by molar-refractivity contribution is -0.151. The Balaban J connectivity index is -0.000000188. The molecule has 0 rings (SSSR count). The highest BCUT2D eigenvalue weighted by Gasteiger charge is 2.11. The third-order valence-corrected chi connectivity index (χ3v) is 0.450. The molecule has 0 unspecified atom stereocenters. The van der Waals surface area contributed by atoms with Gasteiger partial charge in [-0.05, 0) is 41.5 Å². The van der Waals surface area contributed by atoms with Gasteiger partial charge in [-0.25, -0.2) is 0 Å². The van der Waals surface area contributed by atoms with Crippen LogP contribution in [-0.4, -0.2) is 33.4 Å². The number of carboxylic acid groups (broad SMARTS) is 1. The predicted molar refractivity (Wildman–Crippen MR) is 66.8 cm³/mol. The minimum absolute atomic E-state index is 0.225. The van der Waals surface area contributed by atoms with Crippen LogP contribution in [0.5, 0.6) is 0 Å². The summed E-state index contributed by atoms with van der Waals surface area (Å²) in [4.78, 5) is 19.2. The van der Waals surface area contributed by atoms with E-state index in [2.05, 4.69) is 0 Å². The largest absolute Gasteiger partial charge is 0.481 e. The van der Waals surface area contributed by atoms with E-state index in [1.165, 1.54) is 6.92 Å². The molecule has 0 spiro atoms. The SMILES string of the molecule is CC(=O)O.CC(=O)OC(C)(C)C.CC(C)(C)O. The van der Waals surface area contributed by atoms with Crippen molar-refractivity contribution < 1.29 is 24.5 Å². The highest BCUT2D eigenvalue weighted by Crippen LogP contribution is 2.05.